The summed E-state index contributed by atoms with van der Waals surface area (Å²) in [5.74, 6) is -1.03. The van der Waals surface area contributed by atoms with E-state index in [2.05, 4.69) is 0 Å². The molecule has 0 radical (unpaired) electrons. The number of esters is 1. The summed E-state index contributed by atoms with van der Waals surface area (Å²) in [7, 11) is -3.69. The van der Waals surface area contributed by atoms with Crippen molar-refractivity contribution in [2.75, 3.05) is 30.3 Å². The Hall–Kier alpha value is -2.39. The summed E-state index contributed by atoms with van der Waals surface area (Å²) in [5, 5.41) is 1.97. The van der Waals surface area contributed by atoms with E-state index < -0.39 is 29.1 Å². The van der Waals surface area contributed by atoms with Crippen LogP contribution in [0.2, 0.25) is 0 Å². The van der Waals surface area contributed by atoms with Crippen LogP contribution in [0.3, 0.4) is 0 Å². The Morgan fingerprint density at radius 3 is 2.66 bits per heavy atom. The number of hydrogen-bond donors (Lipinski definition) is 0. The van der Waals surface area contributed by atoms with E-state index in [-0.39, 0.29) is 11.9 Å². The van der Waals surface area contributed by atoms with E-state index >= 15 is 0 Å². The van der Waals surface area contributed by atoms with Gasteiger partial charge in [0.2, 0.25) is 10.0 Å². The third-order valence-electron chi connectivity index (χ3n) is 4.86. The number of nitrogens with zero attached hydrogens (tertiary/aromatic N) is 2. The van der Waals surface area contributed by atoms with Crippen LogP contribution in [-0.4, -0.2) is 51.1 Å². The molecule has 156 valence electrons. The monoisotopic (exact) mass is 436 g/mol. The fourth-order valence-corrected chi connectivity index (χ4v) is 5.23. The van der Waals surface area contributed by atoms with Gasteiger partial charge in [0.1, 0.15) is 6.54 Å². The summed E-state index contributed by atoms with van der Waals surface area (Å²) in [4.78, 5) is 27.7. The number of likely N-dealkylation sites (tertiary alicyclic amines) is 1. The number of aryl methyl sites for hydroxylation is 1. The highest BCUT2D eigenvalue weighted by atomic mass is 32.2. The second kappa shape index (κ2) is 8.96. The minimum atomic E-state index is -3.69. The molecule has 7 nitrogen and oxygen atoms in total. The lowest BCUT2D eigenvalue weighted by Crippen LogP contribution is -2.38. The summed E-state index contributed by atoms with van der Waals surface area (Å²) in [6.45, 7) is 1.51. The molecular weight excluding hydrogens is 412 g/mol. The maximum Gasteiger partial charge on any atom is 0.327 e. The minimum absolute atomic E-state index is 0.0145. The third kappa shape index (κ3) is 5.16. The van der Waals surface area contributed by atoms with Crippen molar-refractivity contribution in [2.45, 2.75) is 25.8 Å². The van der Waals surface area contributed by atoms with Gasteiger partial charge in [-0.25, -0.2) is 8.42 Å². The zero-order valence-corrected chi connectivity index (χ0v) is 18.0. The Kier molecular flexibility index (Phi) is 6.59. The summed E-state index contributed by atoms with van der Waals surface area (Å²) in [6.07, 6.45) is 2.82. The van der Waals surface area contributed by atoms with Gasteiger partial charge in [-0.2, -0.15) is 0 Å². The predicted octanol–water partition coefficient (Wildman–Crippen LogP) is 2.73. The molecule has 1 fully saturated rings. The minimum Gasteiger partial charge on any atom is -0.454 e. The van der Waals surface area contributed by atoms with Crippen LogP contribution in [0.1, 0.15) is 29.3 Å². The molecule has 1 atom stereocenters. The zero-order valence-electron chi connectivity index (χ0n) is 16.4. The van der Waals surface area contributed by atoms with E-state index in [1.165, 1.54) is 0 Å². The molecule has 0 aliphatic carbocycles. The standard InChI is InChI=1S/C20H24N2O5S2/c1-15-7-3-4-8-16(15)22(29(2,25)26)13-20(24)27-14-19(23)21-11-5-9-17(21)18-10-6-12-28-18/h3-4,6-8,10,12,17H,5,9,11,13-14H2,1-2H3. The van der Waals surface area contributed by atoms with Crippen molar-refractivity contribution in [3.63, 3.8) is 0 Å². The van der Waals surface area contributed by atoms with Crippen LogP contribution in [0, 0.1) is 6.92 Å². The summed E-state index contributed by atoms with van der Waals surface area (Å²) >= 11 is 1.60. The number of rotatable bonds is 7. The molecule has 1 amide bonds. The van der Waals surface area contributed by atoms with Crippen LogP contribution >= 0.6 is 11.3 Å². The maximum atomic E-state index is 12.6. The van der Waals surface area contributed by atoms with Gasteiger partial charge < -0.3 is 9.64 Å². The van der Waals surface area contributed by atoms with Crippen LogP contribution in [0.25, 0.3) is 0 Å². The summed E-state index contributed by atoms with van der Waals surface area (Å²) < 4.78 is 30.5. The molecule has 0 spiro atoms. The lowest BCUT2D eigenvalue weighted by molar-refractivity contribution is -0.151. The normalized spacial score (nSPS) is 16.6. The maximum absolute atomic E-state index is 12.6. The molecule has 1 unspecified atom stereocenters. The second-order valence-electron chi connectivity index (χ2n) is 6.98. The van der Waals surface area contributed by atoms with Gasteiger partial charge in [0.25, 0.3) is 5.91 Å². The second-order valence-corrected chi connectivity index (χ2v) is 9.86. The van der Waals surface area contributed by atoms with Crippen LogP contribution in [-0.2, 0) is 24.3 Å². The van der Waals surface area contributed by atoms with Crippen LogP contribution < -0.4 is 4.31 Å². The number of anilines is 1. The van der Waals surface area contributed by atoms with Crippen LogP contribution in [0.4, 0.5) is 5.69 Å². The average Bonchev–Trinajstić information content (AvgIpc) is 3.35. The number of hydrogen-bond acceptors (Lipinski definition) is 6. The quantitative estimate of drug-likeness (QED) is 0.623. The van der Waals surface area contributed by atoms with E-state index in [9.17, 15) is 18.0 Å². The first-order chi connectivity index (χ1) is 13.8. The van der Waals surface area contributed by atoms with Gasteiger partial charge in [0.15, 0.2) is 6.61 Å². The van der Waals surface area contributed by atoms with Gasteiger partial charge in [-0.1, -0.05) is 24.3 Å². The molecule has 1 aliphatic heterocycles. The van der Waals surface area contributed by atoms with Gasteiger partial charge in [0, 0.05) is 11.4 Å². The molecular formula is C20H24N2O5S2. The molecule has 0 saturated carbocycles. The van der Waals surface area contributed by atoms with Crippen molar-refractivity contribution in [1.82, 2.24) is 4.90 Å². The number of sulfonamides is 1. The molecule has 9 heteroatoms. The number of amides is 1. The van der Waals surface area contributed by atoms with Gasteiger partial charge in [0.05, 0.1) is 18.0 Å². The van der Waals surface area contributed by atoms with Gasteiger partial charge in [-0.05, 0) is 42.8 Å². The molecule has 1 aromatic heterocycles. The van der Waals surface area contributed by atoms with E-state index in [1.807, 2.05) is 17.5 Å². The molecule has 3 rings (SSSR count). The van der Waals surface area contributed by atoms with E-state index in [0.29, 0.717) is 12.2 Å². The first-order valence-electron chi connectivity index (χ1n) is 9.29. The molecule has 1 aliphatic rings. The van der Waals surface area contributed by atoms with E-state index in [1.54, 1.807) is 47.4 Å². The molecule has 1 aromatic carbocycles. The van der Waals surface area contributed by atoms with Crippen LogP contribution in [0.15, 0.2) is 41.8 Å². The first-order valence-corrected chi connectivity index (χ1v) is 12.0. The first kappa shape index (κ1) is 21.3. The molecule has 0 N–H and O–H groups in total. The van der Waals surface area contributed by atoms with Crippen molar-refractivity contribution in [3.8, 4) is 0 Å². The lowest BCUT2D eigenvalue weighted by atomic mass is 10.2. The van der Waals surface area contributed by atoms with Crippen molar-refractivity contribution < 1.29 is 22.7 Å². The zero-order chi connectivity index (χ0) is 21.0. The number of benzene rings is 1. The molecule has 2 heterocycles. The Balaban J connectivity index is 1.62. The van der Waals surface area contributed by atoms with Gasteiger partial charge >= 0.3 is 5.97 Å². The summed E-state index contributed by atoms with van der Waals surface area (Å²) in [6, 6.07) is 10.8. The Morgan fingerprint density at radius 1 is 1.24 bits per heavy atom. The highest BCUT2D eigenvalue weighted by Crippen LogP contribution is 2.34. The number of carbonyl (C=O) groups is 2. The van der Waals surface area contributed by atoms with E-state index in [4.69, 9.17) is 4.74 Å². The molecule has 2 aromatic rings. The van der Waals surface area contributed by atoms with Gasteiger partial charge in [-0.3, -0.25) is 13.9 Å². The van der Waals surface area contributed by atoms with Gasteiger partial charge in [-0.15, -0.1) is 11.3 Å². The topological polar surface area (TPSA) is 84.0 Å². The number of thiophene rings is 1. The predicted molar refractivity (Wildman–Crippen MR) is 112 cm³/mol. The molecule has 0 bridgehead atoms. The Morgan fingerprint density at radius 2 is 2.00 bits per heavy atom. The van der Waals surface area contributed by atoms with Crippen molar-refractivity contribution >= 4 is 38.9 Å². The van der Waals surface area contributed by atoms with Crippen molar-refractivity contribution in [2.24, 2.45) is 0 Å². The number of carbonyl (C=O) groups excluding carboxylic acids is 2. The van der Waals surface area contributed by atoms with Crippen LogP contribution in [0.5, 0.6) is 0 Å². The number of para-hydroxylation sites is 1. The summed E-state index contributed by atoms with van der Waals surface area (Å²) in [5.41, 5.74) is 1.13. The Bertz CT molecular complexity index is 973. The van der Waals surface area contributed by atoms with Crippen molar-refractivity contribution in [3.05, 3.63) is 52.2 Å². The smallest absolute Gasteiger partial charge is 0.327 e. The Labute approximate surface area is 174 Å². The largest absolute Gasteiger partial charge is 0.454 e. The third-order valence-corrected chi connectivity index (χ3v) is 6.96. The fourth-order valence-electron chi connectivity index (χ4n) is 3.45. The molecule has 1 saturated heterocycles. The lowest BCUT2D eigenvalue weighted by Gasteiger charge is -2.25. The van der Waals surface area contributed by atoms with E-state index in [0.717, 1.165) is 33.8 Å². The SMILES string of the molecule is Cc1ccccc1N(CC(=O)OCC(=O)N1CCCC1c1cccs1)S(C)(=O)=O. The van der Waals surface area contributed by atoms with Crippen molar-refractivity contribution in [1.29, 1.82) is 0 Å². The number of ether oxygens (including phenoxy) is 1. The average molecular weight is 437 g/mol. The molecule has 29 heavy (non-hydrogen) atoms. The fraction of sp³-hybridized carbons (Fsp3) is 0.400. The highest BCUT2D eigenvalue weighted by Gasteiger charge is 2.31. The highest BCUT2D eigenvalue weighted by molar-refractivity contribution is 7.92.